The number of amides is 1. The monoisotopic (exact) mass is 389 g/mol. The zero-order valence-electron chi connectivity index (χ0n) is 14.3. The van der Waals surface area contributed by atoms with Gasteiger partial charge in [0.25, 0.3) is 5.69 Å². The van der Waals surface area contributed by atoms with E-state index in [0.29, 0.717) is 18.9 Å². The molecule has 0 unspecified atom stereocenters. The SMILES string of the molecule is C[C@H](NC(=O)C1CCN(c2ccc(C(F)(F)F)cc2[N+](=O)[O-])CC1)C(=O)O. The normalized spacial score (nSPS) is 16.7. The molecule has 2 rings (SSSR count). The van der Waals surface area contributed by atoms with Gasteiger partial charge >= 0.3 is 12.1 Å². The van der Waals surface area contributed by atoms with Crippen LogP contribution in [0, 0.1) is 16.0 Å². The molecule has 2 N–H and O–H groups in total. The molecule has 1 aliphatic heterocycles. The number of aliphatic carboxylic acids is 1. The summed E-state index contributed by atoms with van der Waals surface area (Å²) in [5.74, 6) is -2.05. The predicted octanol–water partition coefficient (Wildman–Crippen LogP) is 2.42. The highest BCUT2D eigenvalue weighted by Crippen LogP contribution is 2.37. The minimum atomic E-state index is -4.69. The number of alkyl halides is 3. The zero-order chi connectivity index (χ0) is 20.4. The number of hydrogen-bond acceptors (Lipinski definition) is 5. The van der Waals surface area contributed by atoms with Crippen LogP contribution in [0.1, 0.15) is 25.3 Å². The first-order valence-electron chi connectivity index (χ1n) is 8.14. The van der Waals surface area contributed by atoms with Gasteiger partial charge in [0.05, 0.1) is 10.5 Å². The molecule has 1 heterocycles. The maximum Gasteiger partial charge on any atom is 0.416 e. The Bertz CT molecular complexity index is 745. The quantitative estimate of drug-likeness (QED) is 0.591. The van der Waals surface area contributed by atoms with Crippen molar-refractivity contribution in [3.05, 3.63) is 33.9 Å². The lowest BCUT2D eigenvalue weighted by molar-refractivity contribution is -0.384. The molecular formula is C16H18F3N3O5. The molecule has 0 aromatic heterocycles. The van der Waals surface area contributed by atoms with Gasteiger partial charge in [0, 0.05) is 25.1 Å². The van der Waals surface area contributed by atoms with Crippen LogP contribution in [0.3, 0.4) is 0 Å². The lowest BCUT2D eigenvalue weighted by atomic mass is 9.95. The largest absolute Gasteiger partial charge is 0.480 e. The van der Waals surface area contributed by atoms with E-state index in [1.165, 1.54) is 6.92 Å². The van der Waals surface area contributed by atoms with Crippen LogP contribution in [0.2, 0.25) is 0 Å². The third-order valence-corrected chi connectivity index (χ3v) is 4.44. The average Bonchev–Trinajstić information content (AvgIpc) is 2.60. The van der Waals surface area contributed by atoms with Crippen molar-refractivity contribution in [1.82, 2.24) is 5.32 Å². The summed E-state index contributed by atoms with van der Waals surface area (Å²) < 4.78 is 38.4. The lowest BCUT2D eigenvalue weighted by Crippen LogP contribution is -2.45. The predicted molar refractivity (Wildman–Crippen MR) is 88.3 cm³/mol. The van der Waals surface area contributed by atoms with E-state index in [1.54, 1.807) is 4.90 Å². The van der Waals surface area contributed by atoms with Crippen molar-refractivity contribution >= 4 is 23.3 Å². The Kier molecular flexibility index (Phi) is 5.91. The highest BCUT2D eigenvalue weighted by Gasteiger charge is 2.35. The Hall–Kier alpha value is -2.85. The Morgan fingerprint density at radius 1 is 1.33 bits per heavy atom. The van der Waals surface area contributed by atoms with Crippen LogP contribution in [0.25, 0.3) is 0 Å². The molecule has 0 bridgehead atoms. The molecule has 0 radical (unpaired) electrons. The second kappa shape index (κ2) is 7.80. The van der Waals surface area contributed by atoms with E-state index in [1.807, 2.05) is 0 Å². The van der Waals surface area contributed by atoms with E-state index in [2.05, 4.69) is 5.32 Å². The molecule has 1 atom stereocenters. The summed E-state index contributed by atoms with van der Waals surface area (Å²) in [5.41, 5.74) is -1.69. The molecular weight excluding hydrogens is 371 g/mol. The molecule has 148 valence electrons. The molecule has 1 fully saturated rings. The molecule has 8 nitrogen and oxygen atoms in total. The molecule has 1 aliphatic rings. The number of carbonyl (C=O) groups excluding carboxylic acids is 1. The third kappa shape index (κ3) is 4.86. The average molecular weight is 389 g/mol. The molecule has 1 aromatic carbocycles. The number of nitrogens with one attached hydrogen (secondary N) is 1. The molecule has 0 spiro atoms. The van der Waals surface area contributed by atoms with Crippen molar-refractivity contribution < 1.29 is 32.8 Å². The molecule has 0 aliphatic carbocycles. The Morgan fingerprint density at radius 2 is 1.93 bits per heavy atom. The summed E-state index contributed by atoms with van der Waals surface area (Å²) in [5, 5.41) is 22.4. The van der Waals surface area contributed by atoms with E-state index in [-0.39, 0.29) is 18.8 Å². The highest BCUT2D eigenvalue weighted by molar-refractivity contribution is 5.85. The van der Waals surface area contributed by atoms with Gasteiger partial charge in [-0.3, -0.25) is 19.7 Å². The second-order valence-electron chi connectivity index (χ2n) is 6.29. The smallest absolute Gasteiger partial charge is 0.416 e. The van der Waals surface area contributed by atoms with Gasteiger partial charge in [-0.15, -0.1) is 0 Å². The van der Waals surface area contributed by atoms with E-state index in [9.17, 15) is 32.9 Å². The van der Waals surface area contributed by atoms with Crippen molar-refractivity contribution in [2.45, 2.75) is 32.0 Å². The number of hydrogen-bond donors (Lipinski definition) is 2. The third-order valence-electron chi connectivity index (χ3n) is 4.44. The summed E-state index contributed by atoms with van der Waals surface area (Å²) in [4.78, 5) is 34.7. The van der Waals surface area contributed by atoms with E-state index >= 15 is 0 Å². The number of halogens is 3. The van der Waals surface area contributed by atoms with Gasteiger partial charge in [0.15, 0.2) is 0 Å². The summed E-state index contributed by atoms with van der Waals surface area (Å²) in [7, 11) is 0. The second-order valence-corrected chi connectivity index (χ2v) is 6.29. The van der Waals surface area contributed by atoms with Gasteiger partial charge in [-0.25, -0.2) is 0 Å². The van der Waals surface area contributed by atoms with Gasteiger partial charge in [-0.05, 0) is 31.9 Å². The number of carboxylic acid groups (broad SMARTS) is 1. The minimum absolute atomic E-state index is 0.0609. The van der Waals surface area contributed by atoms with Crippen LogP contribution in [0.4, 0.5) is 24.5 Å². The molecule has 0 saturated carbocycles. The van der Waals surface area contributed by atoms with Crippen molar-refractivity contribution in [3.8, 4) is 0 Å². The fraction of sp³-hybridized carbons (Fsp3) is 0.500. The number of carbonyl (C=O) groups is 2. The van der Waals surface area contributed by atoms with Crippen molar-refractivity contribution in [2.24, 2.45) is 5.92 Å². The lowest BCUT2D eigenvalue weighted by Gasteiger charge is -2.33. The zero-order valence-corrected chi connectivity index (χ0v) is 14.3. The van der Waals surface area contributed by atoms with Crippen molar-refractivity contribution in [1.29, 1.82) is 0 Å². The maximum absolute atomic E-state index is 12.8. The molecule has 1 amide bonds. The molecule has 1 saturated heterocycles. The molecule has 11 heteroatoms. The minimum Gasteiger partial charge on any atom is -0.480 e. The van der Waals surface area contributed by atoms with Gasteiger partial charge in [-0.1, -0.05) is 0 Å². The standard InChI is InChI=1S/C16H18F3N3O5/c1-9(15(24)25)20-14(23)10-4-6-21(7-5-10)12-3-2-11(16(17,18)19)8-13(12)22(26)27/h2-3,8-10H,4-7H2,1H3,(H,20,23)(H,24,25)/t9-/m0/s1. The molecule has 27 heavy (non-hydrogen) atoms. The number of piperidine rings is 1. The van der Waals surface area contributed by atoms with Gasteiger partial charge in [-0.2, -0.15) is 13.2 Å². The van der Waals surface area contributed by atoms with Gasteiger partial charge in [0.1, 0.15) is 11.7 Å². The van der Waals surface area contributed by atoms with E-state index in [0.717, 1.165) is 12.1 Å². The summed E-state index contributed by atoms with van der Waals surface area (Å²) in [6.45, 7) is 1.79. The van der Waals surface area contributed by atoms with Crippen molar-refractivity contribution in [2.75, 3.05) is 18.0 Å². The number of nitro groups is 1. The number of nitro benzene ring substituents is 1. The van der Waals surface area contributed by atoms with E-state index < -0.39 is 46.2 Å². The summed E-state index contributed by atoms with van der Waals surface area (Å²) in [6.07, 6.45) is -4.08. The number of carboxylic acids is 1. The van der Waals surface area contributed by atoms with E-state index in [4.69, 9.17) is 5.11 Å². The highest BCUT2D eigenvalue weighted by atomic mass is 19.4. The number of benzene rings is 1. The van der Waals surface area contributed by atoms with Crippen LogP contribution in [-0.4, -0.2) is 41.0 Å². The Balaban J connectivity index is 2.10. The number of anilines is 1. The summed E-state index contributed by atoms with van der Waals surface area (Å²) in [6, 6.07) is 1.32. The maximum atomic E-state index is 12.8. The Labute approximate surface area is 152 Å². The Morgan fingerprint density at radius 3 is 2.41 bits per heavy atom. The van der Waals surface area contributed by atoms with Crippen molar-refractivity contribution in [3.63, 3.8) is 0 Å². The topological polar surface area (TPSA) is 113 Å². The van der Waals surface area contributed by atoms with Gasteiger partial charge < -0.3 is 15.3 Å². The van der Waals surface area contributed by atoms with Crippen LogP contribution >= 0.6 is 0 Å². The number of rotatable bonds is 5. The van der Waals surface area contributed by atoms with Crippen LogP contribution in [0.15, 0.2) is 18.2 Å². The van der Waals surface area contributed by atoms with Gasteiger partial charge in [0.2, 0.25) is 5.91 Å². The van der Waals surface area contributed by atoms with Crippen LogP contribution in [-0.2, 0) is 15.8 Å². The molecule has 1 aromatic rings. The summed E-state index contributed by atoms with van der Waals surface area (Å²) >= 11 is 0. The first-order chi connectivity index (χ1) is 12.5. The first kappa shape index (κ1) is 20.5. The number of nitrogens with zero attached hydrogens (tertiary/aromatic N) is 2. The fourth-order valence-electron chi connectivity index (χ4n) is 2.89. The fourth-order valence-corrected chi connectivity index (χ4v) is 2.89. The van der Waals surface area contributed by atoms with Crippen LogP contribution in [0.5, 0.6) is 0 Å². The van der Waals surface area contributed by atoms with Crippen LogP contribution < -0.4 is 10.2 Å². The first-order valence-corrected chi connectivity index (χ1v) is 8.14.